The molecule has 0 aromatic carbocycles. The molecule has 0 amide bonds. The molecule has 0 radical (unpaired) electrons. The molecule has 0 aliphatic heterocycles. The molecule has 0 aromatic heterocycles. The zero-order chi connectivity index (χ0) is 15.9. The maximum absolute atomic E-state index is 11.5. The number of carbonyl (C=O) groups is 1. The van der Waals surface area contributed by atoms with Gasteiger partial charge in [0.25, 0.3) is 0 Å². The van der Waals surface area contributed by atoms with E-state index in [2.05, 4.69) is 9.78 Å². The lowest BCUT2D eigenvalue weighted by Gasteiger charge is -2.29. The summed E-state index contributed by atoms with van der Waals surface area (Å²) in [6.45, 7) is 2.01. The SMILES string of the molecule is COOCCN(CC(=O)OC)C(CCCCN)COOC. The summed E-state index contributed by atoms with van der Waals surface area (Å²) in [5.41, 5.74) is 5.51. The van der Waals surface area contributed by atoms with Gasteiger partial charge in [-0.15, -0.1) is 0 Å². The normalized spacial score (nSPS) is 12.6. The average Bonchev–Trinajstić information content (AvgIpc) is 2.50. The standard InChI is InChI=1S/C13H28N2O6/c1-17-13(16)10-15(8-9-20-18-2)12(11-21-19-3)6-4-5-7-14/h12H,4-11,14H2,1-3H3. The molecule has 0 spiro atoms. The van der Waals surface area contributed by atoms with Gasteiger partial charge in [-0.1, -0.05) is 6.42 Å². The van der Waals surface area contributed by atoms with Crippen molar-refractivity contribution in [1.29, 1.82) is 0 Å². The molecular weight excluding hydrogens is 280 g/mol. The predicted octanol–water partition coefficient (Wildman–Crippen LogP) is 0.115. The summed E-state index contributed by atoms with van der Waals surface area (Å²) < 4.78 is 4.72. The molecule has 126 valence electrons. The largest absolute Gasteiger partial charge is 0.468 e. The number of nitrogens with two attached hydrogens (primary N) is 1. The Labute approximate surface area is 126 Å². The highest BCUT2D eigenvalue weighted by Gasteiger charge is 2.22. The van der Waals surface area contributed by atoms with Crippen LogP contribution in [-0.2, 0) is 29.1 Å². The molecule has 0 rings (SSSR count). The maximum atomic E-state index is 11.5. The molecule has 8 heteroatoms. The van der Waals surface area contributed by atoms with Crippen LogP contribution in [-0.4, -0.2) is 71.1 Å². The van der Waals surface area contributed by atoms with Crippen LogP contribution in [0, 0.1) is 0 Å². The predicted molar refractivity (Wildman–Crippen MR) is 76.2 cm³/mol. The molecule has 0 saturated heterocycles. The molecule has 0 bridgehead atoms. The minimum absolute atomic E-state index is 0.0102. The van der Waals surface area contributed by atoms with Gasteiger partial charge in [-0.2, -0.15) is 0 Å². The van der Waals surface area contributed by atoms with Crippen molar-refractivity contribution in [1.82, 2.24) is 4.90 Å². The van der Waals surface area contributed by atoms with Gasteiger partial charge in [0, 0.05) is 12.6 Å². The van der Waals surface area contributed by atoms with E-state index in [1.807, 2.05) is 4.90 Å². The smallest absolute Gasteiger partial charge is 0.319 e. The second kappa shape index (κ2) is 14.2. The number of esters is 1. The van der Waals surface area contributed by atoms with E-state index >= 15 is 0 Å². The van der Waals surface area contributed by atoms with E-state index in [-0.39, 0.29) is 18.6 Å². The number of rotatable bonds is 14. The van der Waals surface area contributed by atoms with Gasteiger partial charge in [0.15, 0.2) is 0 Å². The lowest BCUT2D eigenvalue weighted by Crippen LogP contribution is -2.44. The van der Waals surface area contributed by atoms with Crippen molar-refractivity contribution in [2.75, 3.05) is 54.2 Å². The molecule has 0 aromatic rings. The minimum Gasteiger partial charge on any atom is -0.468 e. The van der Waals surface area contributed by atoms with E-state index < -0.39 is 0 Å². The van der Waals surface area contributed by atoms with E-state index in [1.165, 1.54) is 21.3 Å². The van der Waals surface area contributed by atoms with E-state index in [4.69, 9.17) is 20.2 Å². The third kappa shape index (κ3) is 10.6. The third-order valence-electron chi connectivity index (χ3n) is 3.03. The van der Waals surface area contributed by atoms with Crippen LogP contribution in [0.25, 0.3) is 0 Å². The van der Waals surface area contributed by atoms with Crippen molar-refractivity contribution >= 4 is 5.97 Å². The van der Waals surface area contributed by atoms with Crippen LogP contribution < -0.4 is 5.73 Å². The van der Waals surface area contributed by atoms with Gasteiger partial charge >= 0.3 is 5.97 Å². The molecule has 0 fully saturated rings. The first-order valence-electron chi connectivity index (χ1n) is 7.01. The van der Waals surface area contributed by atoms with Crippen LogP contribution in [0.1, 0.15) is 19.3 Å². The summed E-state index contributed by atoms with van der Waals surface area (Å²) in [6.07, 6.45) is 2.70. The summed E-state index contributed by atoms with van der Waals surface area (Å²) in [7, 11) is 4.26. The van der Waals surface area contributed by atoms with E-state index in [0.29, 0.717) is 26.3 Å². The molecule has 0 aliphatic carbocycles. The van der Waals surface area contributed by atoms with Crippen LogP contribution in [0.5, 0.6) is 0 Å². The number of unbranched alkanes of at least 4 members (excludes halogenated alkanes) is 1. The second-order valence-electron chi connectivity index (χ2n) is 4.42. The molecule has 21 heavy (non-hydrogen) atoms. The zero-order valence-electron chi connectivity index (χ0n) is 13.2. The van der Waals surface area contributed by atoms with Gasteiger partial charge in [0.05, 0.1) is 41.1 Å². The Balaban J connectivity index is 4.55. The fourth-order valence-corrected chi connectivity index (χ4v) is 1.90. The number of hydrogen-bond acceptors (Lipinski definition) is 8. The van der Waals surface area contributed by atoms with Crippen molar-refractivity contribution in [3.63, 3.8) is 0 Å². The molecule has 0 saturated carbocycles. The third-order valence-corrected chi connectivity index (χ3v) is 3.03. The molecular formula is C13H28N2O6. The van der Waals surface area contributed by atoms with Gasteiger partial charge in [-0.25, -0.2) is 19.6 Å². The van der Waals surface area contributed by atoms with Crippen LogP contribution >= 0.6 is 0 Å². The van der Waals surface area contributed by atoms with E-state index in [1.54, 1.807) is 0 Å². The Bertz CT molecular complexity index is 255. The highest BCUT2D eigenvalue weighted by molar-refractivity contribution is 5.71. The summed E-state index contributed by atoms with van der Waals surface area (Å²) in [5.74, 6) is -0.311. The first-order chi connectivity index (χ1) is 10.2. The van der Waals surface area contributed by atoms with Crippen molar-refractivity contribution in [2.24, 2.45) is 5.73 Å². The fourth-order valence-electron chi connectivity index (χ4n) is 1.90. The first kappa shape index (κ1) is 20.2. The molecule has 1 atom stereocenters. The molecule has 0 aliphatic rings. The molecule has 0 heterocycles. The summed E-state index contributed by atoms with van der Waals surface area (Å²) in [5, 5.41) is 0. The minimum atomic E-state index is -0.311. The number of ether oxygens (including phenoxy) is 1. The Morgan fingerprint density at radius 1 is 1.14 bits per heavy atom. The molecule has 1 unspecified atom stereocenters. The van der Waals surface area contributed by atoms with Crippen LogP contribution in [0.3, 0.4) is 0 Å². The lowest BCUT2D eigenvalue weighted by atomic mass is 10.1. The number of carbonyl (C=O) groups excluding carboxylic acids is 1. The summed E-state index contributed by atoms with van der Waals surface area (Å²) in [6, 6.07) is 0.0102. The highest BCUT2D eigenvalue weighted by Crippen LogP contribution is 2.10. The maximum Gasteiger partial charge on any atom is 0.319 e. The van der Waals surface area contributed by atoms with Crippen molar-refractivity contribution in [3.05, 3.63) is 0 Å². The second-order valence-corrected chi connectivity index (χ2v) is 4.42. The van der Waals surface area contributed by atoms with Crippen LogP contribution in [0.4, 0.5) is 0 Å². The number of nitrogens with zero attached hydrogens (tertiary/aromatic N) is 1. The van der Waals surface area contributed by atoms with Gasteiger partial charge in [-0.05, 0) is 19.4 Å². The van der Waals surface area contributed by atoms with Gasteiger partial charge in [0.2, 0.25) is 0 Å². The zero-order valence-corrected chi connectivity index (χ0v) is 13.2. The Kier molecular flexibility index (Phi) is 13.7. The number of methoxy groups -OCH3 is 1. The van der Waals surface area contributed by atoms with Gasteiger partial charge < -0.3 is 10.5 Å². The van der Waals surface area contributed by atoms with Gasteiger partial charge in [-0.3, -0.25) is 9.69 Å². The highest BCUT2D eigenvalue weighted by atomic mass is 17.2. The van der Waals surface area contributed by atoms with Crippen LogP contribution in [0.2, 0.25) is 0 Å². The fraction of sp³-hybridized carbons (Fsp3) is 0.923. The Morgan fingerprint density at radius 2 is 1.86 bits per heavy atom. The van der Waals surface area contributed by atoms with Gasteiger partial charge in [0.1, 0.15) is 0 Å². The van der Waals surface area contributed by atoms with E-state index in [0.717, 1.165) is 19.3 Å². The monoisotopic (exact) mass is 308 g/mol. The van der Waals surface area contributed by atoms with Crippen molar-refractivity contribution < 1.29 is 29.1 Å². The lowest BCUT2D eigenvalue weighted by molar-refractivity contribution is -0.286. The Morgan fingerprint density at radius 3 is 2.43 bits per heavy atom. The number of hydrogen-bond donors (Lipinski definition) is 1. The van der Waals surface area contributed by atoms with Crippen molar-refractivity contribution in [3.8, 4) is 0 Å². The average molecular weight is 308 g/mol. The van der Waals surface area contributed by atoms with Crippen LogP contribution in [0.15, 0.2) is 0 Å². The Hall–Kier alpha value is -0.770. The van der Waals surface area contributed by atoms with Crippen molar-refractivity contribution in [2.45, 2.75) is 25.3 Å². The van der Waals surface area contributed by atoms with E-state index in [9.17, 15) is 4.79 Å². The summed E-state index contributed by atoms with van der Waals surface area (Å²) >= 11 is 0. The molecule has 2 N–H and O–H groups in total. The summed E-state index contributed by atoms with van der Waals surface area (Å²) in [4.78, 5) is 32.6. The molecule has 8 nitrogen and oxygen atoms in total. The quantitative estimate of drug-likeness (QED) is 0.209. The first-order valence-corrected chi connectivity index (χ1v) is 7.01. The topological polar surface area (TPSA) is 92.5 Å².